The molecule has 0 radical (unpaired) electrons. The molecule has 2 aliphatic rings. The van der Waals surface area contributed by atoms with Crippen molar-refractivity contribution in [3.8, 4) is 0 Å². The van der Waals surface area contributed by atoms with Gasteiger partial charge in [-0.15, -0.1) is 11.8 Å². The number of thioether (sulfide) groups is 1. The smallest absolute Gasteiger partial charge is 0.330 e. The first kappa shape index (κ1) is 23.6. The molecular weight excluding hydrogens is 442 g/mol. The second-order valence-corrected chi connectivity index (χ2v) is 11.3. The van der Waals surface area contributed by atoms with Crippen LogP contribution in [0.1, 0.15) is 40.5 Å². The molecule has 31 heavy (non-hydrogen) atoms. The van der Waals surface area contributed by atoms with E-state index in [9.17, 15) is 22.8 Å². The van der Waals surface area contributed by atoms with Crippen LogP contribution in [0.15, 0.2) is 29.2 Å². The number of carbonyl (C=O) groups is 3. The number of nitrogens with one attached hydrogen (secondary N) is 2. The molecule has 0 spiro atoms. The van der Waals surface area contributed by atoms with Gasteiger partial charge in [-0.1, -0.05) is 0 Å². The summed E-state index contributed by atoms with van der Waals surface area (Å²) in [6, 6.07) is 4.75. The fourth-order valence-corrected chi connectivity index (χ4v) is 6.31. The fraction of sp³-hybridized carbons (Fsp3) is 0.550. The molecule has 0 aliphatic carbocycles. The molecule has 11 heteroatoms. The van der Waals surface area contributed by atoms with Gasteiger partial charge in [0.25, 0.3) is 5.91 Å². The van der Waals surface area contributed by atoms with Gasteiger partial charge in [0.2, 0.25) is 15.9 Å². The van der Waals surface area contributed by atoms with Crippen molar-refractivity contribution in [2.24, 2.45) is 0 Å². The van der Waals surface area contributed by atoms with Crippen molar-refractivity contribution < 1.29 is 27.5 Å². The Bertz CT molecular complexity index is 979. The van der Waals surface area contributed by atoms with Gasteiger partial charge in [-0.25, -0.2) is 17.9 Å². The summed E-state index contributed by atoms with van der Waals surface area (Å²) in [6.45, 7) is 6.83. The van der Waals surface area contributed by atoms with Crippen molar-refractivity contribution in [1.29, 1.82) is 0 Å². The molecule has 1 aromatic rings. The summed E-state index contributed by atoms with van der Waals surface area (Å²) in [5.74, 6) is -0.787. The Morgan fingerprint density at radius 3 is 2.48 bits per heavy atom. The molecule has 0 bridgehead atoms. The lowest BCUT2D eigenvalue weighted by Crippen LogP contribution is -2.48. The Morgan fingerprint density at radius 1 is 1.23 bits per heavy atom. The third-order valence-corrected chi connectivity index (χ3v) is 8.38. The molecule has 170 valence electrons. The SMILES string of the molecule is CC(C)NS(=O)(=O)c1ccc(NC(=O)[C@H](C)OC(=O)[C@H]2CS[C@]3(C)CCC(=O)N23)cc1. The predicted octanol–water partition coefficient (Wildman–Crippen LogP) is 1.70. The lowest BCUT2D eigenvalue weighted by Gasteiger charge is -2.29. The lowest BCUT2D eigenvalue weighted by molar-refractivity contribution is -0.160. The van der Waals surface area contributed by atoms with Crippen molar-refractivity contribution in [3.05, 3.63) is 24.3 Å². The molecule has 9 nitrogen and oxygen atoms in total. The summed E-state index contributed by atoms with van der Waals surface area (Å²) >= 11 is 1.55. The number of esters is 1. The summed E-state index contributed by atoms with van der Waals surface area (Å²) in [7, 11) is -3.63. The van der Waals surface area contributed by atoms with E-state index in [0.717, 1.165) is 0 Å². The van der Waals surface area contributed by atoms with Crippen LogP contribution in [0.2, 0.25) is 0 Å². The fourth-order valence-electron chi connectivity index (χ4n) is 3.64. The number of rotatable bonds is 7. The quantitative estimate of drug-likeness (QED) is 0.583. The van der Waals surface area contributed by atoms with Gasteiger partial charge in [-0.2, -0.15) is 0 Å². The Labute approximate surface area is 186 Å². The van der Waals surface area contributed by atoms with Crippen molar-refractivity contribution in [1.82, 2.24) is 9.62 Å². The number of hydrogen-bond acceptors (Lipinski definition) is 7. The summed E-state index contributed by atoms with van der Waals surface area (Å²) < 4.78 is 32.1. The Balaban J connectivity index is 1.58. The number of carbonyl (C=O) groups excluding carboxylic acids is 3. The van der Waals surface area contributed by atoms with E-state index in [0.29, 0.717) is 24.3 Å². The van der Waals surface area contributed by atoms with Crippen LogP contribution in [0.25, 0.3) is 0 Å². The van der Waals surface area contributed by atoms with E-state index in [1.807, 2.05) is 6.92 Å². The number of anilines is 1. The number of nitrogens with zero attached hydrogens (tertiary/aromatic N) is 1. The highest BCUT2D eigenvalue weighted by Crippen LogP contribution is 2.47. The monoisotopic (exact) mass is 469 g/mol. The van der Waals surface area contributed by atoms with E-state index in [-0.39, 0.29) is 16.8 Å². The number of amides is 2. The maximum atomic E-state index is 12.6. The summed E-state index contributed by atoms with van der Waals surface area (Å²) in [5.41, 5.74) is 0.370. The molecule has 2 N–H and O–H groups in total. The number of sulfonamides is 1. The van der Waals surface area contributed by atoms with Gasteiger partial charge in [0, 0.05) is 23.9 Å². The molecule has 2 amide bonds. The maximum Gasteiger partial charge on any atom is 0.330 e. The predicted molar refractivity (Wildman–Crippen MR) is 117 cm³/mol. The highest BCUT2D eigenvalue weighted by atomic mass is 32.2. The van der Waals surface area contributed by atoms with Crippen LogP contribution in [0.4, 0.5) is 5.69 Å². The maximum absolute atomic E-state index is 12.6. The second kappa shape index (κ2) is 8.79. The molecule has 0 aromatic heterocycles. The molecule has 2 fully saturated rings. The minimum Gasteiger partial charge on any atom is -0.451 e. The Morgan fingerprint density at radius 2 is 1.87 bits per heavy atom. The molecule has 2 saturated heterocycles. The topological polar surface area (TPSA) is 122 Å². The van der Waals surface area contributed by atoms with Gasteiger partial charge in [0.15, 0.2) is 6.10 Å². The van der Waals surface area contributed by atoms with Gasteiger partial charge in [0.1, 0.15) is 6.04 Å². The first-order valence-electron chi connectivity index (χ1n) is 10.0. The van der Waals surface area contributed by atoms with Crippen LogP contribution in [0.3, 0.4) is 0 Å². The number of ether oxygens (including phenoxy) is 1. The first-order chi connectivity index (χ1) is 14.4. The van der Waals surface area contributed by atoms with Crippen LogP contribution in [0, 0.1) is 0 Å². The van der Waals surface area contributed by atoms with Crippen molar-refractivity contribution >= 4 is 45.3 Å². The van der Waals surface area contributed by atoms with Crippen LogP contribution in [0.5, 0.6) is 0 Å². The molecule has 0 saturated carbocycles. The van der Waals surface area contributed by atoms with Gasteiger partial charge >= 0.3 is 5.97 Å². The van der Waals surface area contributed by atoms with E-state index in [1.165, 1.54) is 31.2 Å². The third-order valence-electron chi connectivity index (χ3n) is 5.20. The van der Waals surface area contributed by atoms with Crippen molar-refractivity contribution in [3.63, 3.8) is 0 Å². The zero-order valence-electron chi connectivity index (χ0n) is 17.9. The van der Waals surface area contributed by atoms with Crippen LogP contribution in [-0.2, 0) is 29.1 Å². The molecular formula is C20H27N3O6S2. The molecule has 2 aliphatic heterocycles. The zero-order valence-corrected chi connectivity index (χ0v) is 19.5. The molecule has 1 aromatic carbocycles. The van der Waals surface area contributed by atoms with E-state index < -0.39 is 38.9 Å². The van der Waals surface area contributed by atoms with Gasteiger partial charge in [-0.05, 0) is 58.4 Å². The minimum atomic E-state index is -3.63. The standard InChI is InChI=1S/C20H27N3O6S2/c1-12(2)22-31(27,28)15-7-5-14(6-8-15)21-18(25)13(3)29-19(26)16-11-30-20(4)10-9-17(24)23(16)20/h5-8,12-13,16,22H,9-11H2,1-4H3,(H,21,25)/t13-,16+,20+/m0/s1. The largest absolute Gasteiger partial charge is 0.451 e. The summed E-state index contributed by atoms with van der Waals surface area (Å²) in [6.07, 6.45) is 0.0178. The van der Waals surface area contributed by atoms with Gasteiger partial charge < -0.3 is 15.0 Å². The van der Waals surface area contributed by atoms with Crippen molar-refractivity contribution in [2.75, 3.05) is 11.1 Å². The highest BCUT2D eigenvalue weighted by molar-refractivity contribution is 8.01. The van der Waals surface area contributed by atoms with E-state index >= 15 is 0 Å². The molecule has 3 atom stereocenters. The average molecular weight is 470 g/mol. The van der Waals surface area contributed by atoms with Crippen LogP contribution < -0.4 is 10.0 Å². The van der Waals surface area contributed by atoms with Gasteiger partial charge in [-0.3, -0.25) is 9.59 Å². The van der Waals surface area contributed by atoms with Crippen molar-refractivity contribution in [2.45, 2.75) is 68.5 Å². The Kier molecular flexibility index (Phi) is 6.68. The minimum absolute atomic E-state index is 0.0754. The average Bonchev–Trinajstić information content (AvgIpc) is 3.17. The molecule has 2 heterocycles. The normalized spacial score (nSPS) is 24.2. The van der Waals surface area contributed by atoms with Crippen LogP contribution in [-0.4, -0.2) is 59.9 Å². The summed E-state index contributed by atoms with van der Waals surface area (Å²) in [5, 5.41) is 2.60. The molecule has 3 rings (SSSR count). The van der Waals surface area contributed by atoms with E-state index in [1.54, 1.807) is 30.5 Å². The second-order valence-electron chi connectivity index (χ2n) is 8.13. The first-order valence-corrected chi connectivity index (χ1v) is 12.5. The van der Waals surface area contributed by atoms with Crippen LogP contribution >= 0.6 is 11.8 Å². The number of fused-ring (bicyclic) bond motifs is 1. The summed E-state index contributed by atoms with van der Waals surface area (Å²) in [4.78, 5) is 38.5. The van der Waals surface area contributed by atoms with E-state index in [4.69, 9.17) is 4.74 Å². The number of benzene rings is 1. The third kappa shape index (κ3) is 5.04. The van der Waals surface area contributed by atoms with Gasteiger partial charge in [0.05, 0.1) is 9.77 Å². The number of hydrogen-bond donors (Lipinski definition) is 2. The highest BCUT2D eigenvalue weighted by Gasteiger charge is 2.53. The van der Waals surface area contributed by atoms with E-state index in [2.05, 4.69) is 10.0 Å². The molecule has 0 unspecified atom stereocenters. The zero-order chi connectivity index (χ0) is 23.0. The lowest BCUT2D eigenvalue weighted by atomic mass is 10.2. The Hall–Kier alpha value is -2.11.